The molecule has 0 saturated carbocycles. The van der Waals surface area contributed by atoms with Crippen molar-refractivity contribution in [1.82, 2.24) is 4.98 Å². The lowest BCUT2D eigenvalue weighted by molar-refractivity contribution is -0.145. The van der Waals surface area contributed by atoms with Gasteiger partial charge in [-0.2, -0.15) is 0 Å². The summed E-state index contributed by atoms with van der Waals surface area (Å²) in [6.45, 7) is 2.06. The van der Waals surface area contributed by atoms with Crippen molar-refractivity contribution in [1.29, 1.82) is 0 Å². The number of amides is 1. The maximum atomic E-state index is 12.8. The third-order valence-electron chi connectivity index (χ3n) is 3.97. The molecule has 144 valence electrons. The van der Waals surface area contributed by atoms with E-state index in [2.05, 4.69) is 10.3 Å². The van der Waals surface area contributed by atoms with Crippen LogP contribution in [-0.2, 0) is 20.9 Å². The zero-order valence-corrected chi connectivity index (χ0v) is 16.1. The molecule has 0 aliphatic carbocycles. The van der Waals surface area contributed by atoms with Gasteiger partial charge in [0.25, 0.3) is 0 Å². The van der Waals surface area contributed by atoms with Crippen molar-refractivity contribution in [3.63, 3.8) is 0 Å². The molecule has 2 aromatic carbocycles. The maximum Gasteiger partial charge on any atom is 0.306 e. The summed E-state index contributed by atoms with van der Waals surface area (Å²) in [5.74, 6) is -1.14. The first-order valence-corrected chi connectivity index (χ1v) is 9.60. The van der Waals surface area contributed by atoms with E-state index in [9.17, 15) is 14.0 Å². The summed E-state index contributed by atoms with van der Waals surface area (Å²) in [6, 6.07) is 13.7. The Hall–Kier alpha value is -3.06. The summed E-state index contributed by atoms with van der Waals surface area (Å²) in [7, 11) is 0. The number of thiazole rings is 1. The highest BCUT2D eigenvalue weighted by atomic mass is 32.1. The lowest BCUT2D eigenvalue weighted by Gasteiger charge is -2.05. The second-order valence-corrected chi connectivity index (χ2v) is 7.10. The normalized spacial score (nSPS) is 10.5. The molecule has 7 heteroatoms. The van der Waals surface area contributed by atoms with Crippen LogP contribution in [0.15, 0.2) is 53.9 Å². The first kappa shape index (κ1) is 19.7. The third-order valence-corrected chi connectivity index (χ3v) is 4.72. The smallest absolute Gasteiger partial charge is 0.306 e. The fourth-order valence-corrected chi connectivity index (χ4v) is 3.14. The van der Waals surface area contributed by atoms with E-state index in [-0.39, 0.29) is 31.2 Å². The van der Waals surface area contributed by atoms with Gasteiger partial charge in [-0.15, -0.1) is 11.3 Å². The Morgan fingerprint density at radius 1 is 1.07 bits per heavy atom. The SMILES string of the molecule is Cc1ccc(-c2csc(NC(=O)CCC(=O)OCc3ccc(F)cc3)n2)cc1. The molecule has 0 saturated heterocycles. The largest absolute Gasteiger partial charge is 0.461 e. The number of anilines is 1. The van der Waals surface area contributed by atoms with Crippen LogP contribution in [0.1, 0.15) is 24.0 Å². The monoisotopic (exact) mass is 398 g/mol. The summed E-state index contributed by atoms with van der Waals surface area (Å²) in [5, 5.41) is 5.06. The number of aromatic nitrogens is 1. The number of nitrogens with one attached hydrogen (secondary N) is 1. The van der Waals surface area contributed by atoms with E-state index in [1.807, 2.05) is 36.6 Å². The minimum absolute atomic E-state index is 0.00168. The number of nitrogens with zero attached hydrogens (tertiary/aromatic N) is 1. The van der Waals surface area contributed by atoms with E-state index in [0.717, 1.165) is 11.3 Å². The molecule has 0 unspecified atom stereocenters. The molecule has 0 aliphatic heterocycles. The Bertz CT molecular complexity index is 953. The van der Waals surface area contributed by atoms with Crippen LogP contribution in [0.3, 0.4) is 0 Å². The molecule has 28 heavy (non-hydrogen) atoms. The van der Waals surface area contributed by atoms with Gasteiger partial charge in [-0.1, -0.05) is 42.0 Å². The van der Waals surface area contributed by atoms with Crippen LogP contribution in [0.4, 0.5) is 9.52 Å². The number of carbonyl (C=O) groups excluding carboxylic acids is 2. The maximum absolute atomic E-state index is 12.8. The molecule has 5 nitrogen and oxygen atoms in total. The molecule has 0 aliphatic rings. The molecule has 1 heterocycles. The van der Waals surface area contributed by atoms with Gasteiger partial charge in [0.05, 0.1) is 12.1 Å². The summed E-state index contributed by atoms with van der Waals surface area (Å²) in [4.78, 5) is 28.2. The van der Waals surface area contributed by atoms with Gasteiger partial charge in [0, 0.05) is 17.4 Å². The lowest BCUT2D eigenvalue weighted by atomic mass is 10.1. The third kappa shape index (κ3) is 5.72. The van der Waals surface area contributed by atoms with E-state index in [1.165, 1.54) is 29.0 Å². The minimum Gasteiger partial charge on any atom is -0.461 e. The van der Waals surface area contributed by atoms with Gasteiger partial charge >= 0.3 is 5.97 Å². The van der Waals surface area contributed by atoms with Crippen molar-refractivity contribution >= 4 is 28.3 Å². The van der Waals surface area contributed by atoms with Gasteiger partial charge in [-0.3, -0.25) is 9.59 Å². The number of rotatable bonds is 7. The van der Waals surface area contributed by atoms with Gasteiger partial charge in [-0.25, -0.2) is 9.37 Å². The van der Waals surface area contributed by atoms with Crippen molar-refractivity contribution in [2.45, 2.75) is 26.4 Å². The summed E-state index contributed by atoms with van der Waals surface area (Å²) in [6.07, 6.45) is -0.0368. The molecule has 3 rings (SSSR count). The molecular formula is C21H19FN2O3S. The van der Waals surface area contributed by atoms with Crippen LogP contribution in [-0.4, -0.2) is 16.9 Å². The molecular weight excluding hydrogens is 379 g/mol. The molecule has 3 aromatic rings. The number of halogens is 1. The summed E-state index contributed by atoms with van der Waals surface area (Å²) >= 11 is 1.33. The standard InChI is InChI=1S/C21H19FN2O3S/c1-14-2-6-16(7-3-14)18-13-28-21(23-18)24-19(25)10-11-20(26)27-12-15-4-8-17(22)9-5-15/h2-9,13H,10-12H2,1H3,(H,23,24,25). The van der Waals surface area contributed by atoms with Crippen molar-refractivity contribution < 1.29 is 18.7 Å². The first-order chi connectivity index (χ1) is 13.5. The summed E-state index contributed by atoms with van der Waals surface area (Å²) in [5.41, 5.74) is 3.62. The number of hydrogen-bond donors (Lipinski definition) is 1. The van der Waals surface area contributed by atoms with E-state index < -0.39 is 5.97 Å². The van der Waals surface area contributed by atoms with Crippen LogP contribution in [0, 0.1) is 12.7 Å². The van der Waals surface area contributed by atoms with Crippen molar-refractivity contribution in [2.24, 2.45) is 0 Å². The van der Waals surface area contributed by atoms with E-state index in [0.29, 0.717) is 10.7 Å². The predicted molar refractivity (Wildman–Crippen MR) is 106 cm³/mol. The quantitative estimate of drug-likeness (QED) is 0.585. The zero-order chi connectivity index (χ0) is 19.9. The molecule has 1 amide bonds. The number of ether oxygens (including phenoxy) is 1. The fraction of sp³-hybridized carbons (Fsp3) is 0.190. The van der Waals surface area contributed by atoms with Gasteiger partial charge in [0.15, 0.2) is 5.13 Å². The minimum atomic E-state index is -0.487. The molecule has 0 radical (unpaired) electrons. The highest BCUT2D eigenvalue weighted by Crippen LogP contribution is 2.25. The van der Waals surface area contributed by atoms with Crippen molar-refractivity contribution in [2.75, 3.05) is 5.32 Å². The van der Waals surface area contributed by atoms with Gasteiger partial charge in [-0.05, 0) is 24.6 Å². The van der Waals surface area contributed by atoms with Crippen LogP contribution in [0.5, 0.6) is 0 Å². The molecule has 0 atom stereocenters. The second kappa shape index (κ2) is 9.23. The Balaban J connectivity index is 1.43. The molecule has 1 aromatic heterocycles. The topological polar surface area (TPSA) is 68.3 Å². The van der Waals surface area contributed by atoms with Gasteiger partial charge < -0.3 is 10.1 Å². The molecule has 1 N–H and O–H groups in total. The van der Waals surface area contributed by atoms with Gasteiger partial charge in [0.1, 0.15) is 12.4 Å². The Labute approximate surface area is 166 Å². The van der Waals surface area contributed by atoms with E-state index in [4.69, 9.17) is 4.74 Å². The summed E-state index contributed by atoms with van der Waals surface area (Å²) < 4.78 is 17.9. The first-order valence-electron chi connectivity index (χ1n) is 8.72. The highest BCUT2D eigenvalue weighted by Gasteiger charge is 2.11. The number of hydrogen-bond acceptors (Lipinski definition) is 5. The highest BCUT2D eigenvalue weighted by molar-refractivity contribution is 7.14. The average Bonchev–Trinajstić information content (AvgIpc) is 3.15. The van der Waals surface area contributed by atoms with Crippen molar-refractivity contribution in [3.8, 4) is 11.3 Å². The second-order valence-electron chi connectivity index (χ2n) is 6.24. The Morgan fingerprint density at radius 2 is 1.79 bits per heavy atom. The van der Waals surface area contributed by atoms with Crippen LogP contribution < -0.4 is 5.32 Å². The van der Waals surface area contributed by atoms with E-state index in [1.54, 1.807) is 12.1 Å². The number of esters is 1. The molecule has 0 fully saturated rings. The Morgan fingerprint density at radius 3 is 2.50 bits per heavy atom. The molecule has 0 bridgehead atoms. The fourth-order valence-electron chi connectivity index (χ4n) is 2.40. The zero-order valence-electron chi connectivity index (χ0n) is 15.3. The number of benzene rings is 2. The number of carbonyl (C=O) groups is 2. The average molecular weight is 398 g/mol. The van der Waals surface area contributed by atoms with Crippen LogP contribution in [0.25, 0.3) is 11.3 Å². The Kier molecular flexibility index (Phi) is 6.49. The lowest BCUT2D eigenvalue weighted by Crippen LogP contribution is -2.14. The van der Waals surface area contributed by atoms with Crippen LogP contribution in [0.2, 0.25) is 0 Å². The predicted octanol–water partition coefficient (Wildman–Crippen LogP) is 4.72. The van der Waals surface area contributed by atoms with E-state index >= 15 is 0 Å². The van der Waals surface area contributed by atoms with Crippen molar-refractivity contribution in [3.05, 3.63) is 70.9 Å². The number of aryl methyl sites for hydroxylation is 1. The van der Waals surface area contributed by atoms with Gasteiger partial charge in [0.2, 0.25) is 5.91 Å². The van der Waals surface area contributed by atoms with Crippen LogP contribution >= 0.6 is 11.3 Å². The molecule has 0 spiro atoms.